The number of hydrogen-bond donors (Lipinski definition) is 3. The van der Waals surface area contributed by atoms with Crippen LogP contribution in [-0.2, 0) is 17.4 Å². The molecule has 0 saturated carbocycles. The molecule has 2 unspecified atom stereocenters. The molecule has 0 bridgehead atoms. The molecular formula is C43H70O5P2. The van der Waals surface area contributed by atoms with Gasteiger partial charge in [0.1, 0.15) is 28.6 Å². The standard InChI is InChI=1S/C21H30O2.C11H16O2.C10H20OP2.CH4/c1-5-6-7-8-15-12-18(22)20-16-11-14(2)9-10-17(16)21(3,4)23-19(20)13-15;1-2-3-4-5-9-6-10(12)8-11(13)7-9;1-9(2)5-4-6-10(3)7-8-11-13-12;/h11-13,16-17,22H,5-10H2,1-4H3;6-8,12-13H,2-5H2,1H3;5,7,13H,4,6,8,12H2,1-3H3;1H4/b;;10-7+;/t16-,17-;;;/m1.../s1/i;;;1T. The lowest BCUT2D eigenvalue weighted by Gasteiger charge is -2.46. The number of fused-ring (bicyclic) bond motifs is 3. The van der Waals surface area contributed by atoms with Gasteiger partial charge in [0.2, 0.25) is 0 Å². The lowest BCUT2D eigenvalue weighted by Crippen LogP contribution is -2.45. The van der Waals surface area contributed by atoms with Gasteiger partial charge in [-0.25, -0.2) is 0 Å². The van der Waals surface area contributed by atoms with Crippen LogP contribution in [0.4, 0.5) is 0 Å². The minimum atomic E-state index is -0.177. The Kier molecular flexibility index (Phi) is 21.1. The maximum atomic E-state index is 10.7. The number of phenolic OH excluding ortho intramolecular Hbond substituents is 3. The molecule has 7 heteroatoms. The minimum absolute atomic E-state index is 0.145. The molecule has 282 valence electrons. The van der Waals surface area contributed by atoms with Crippen LogP contribution in [0.25, 0.3) is 0 Å². The van der Waals surface area contributed by atoms with E-state index >= 15 is 0 Å². The summed E-state index contributed by atoms with van der Waals surface area (Å²) < 4.78 is 17.3. The normalized spacial score (nSPS) is 17.6. The second kappa shape index (κ2) is 24.0. The number of aryl methyl sites for hydroxylation is 2. The summed E-state index contributed by atoms with van der Waals surface area (Å²) >= 11 is 0. The second-order valence-corrected chi connectivity index (χ2v) is 15.7. The molecule has 4 rings (SSSR count). The van der Waals surface area contributed by atoms with Gasteiger partial charge >= 0.3 is 0 Å². The summed E-state index contributed by atoms with van der Waals surface area (Å²) in [5.74, 6) is 2.33. The van der Waals surface area contributed by atoms with E-state index < -0.39 is 0 Å². The first kappa shape index (κ1) is 43.8. The molecular weight excluding hydrogens is 658 g/mol. The highest BCUT2D eigenvalue weighted by Gasteiger charge is 2.45. The Morgan fingerprint density at radius 1 is 0.960 bits per heavy atom. The van der Waals surface area contributed by atoms with Gasteiger partial charge in [-0.15, -0.1) is 0 Å². The van der Waals surface area contributed by atoms with Gasteiger partial charge in [0.05, 0.1) is 6.61 Å². The molecule has 0 saturated heterocycles. The molecule has 1 aliphatic carbocycles. The molecule has 0 aromatic heterocycles. The zero-order valence-corrected chi connectivity index (χ0v) is 34.9. The molecule has 2 aliphatic rings. The lowest BCUT2D eigenvalue weighted by atomic mass is 9.68. The molecule has 3 N–H and O–H groups in total. The zero-order chi connectivity index (χ0) is 38.4. The van der Waals surface area contributed by atoms with E-state index in [1.54, 1.807) is 12.1 Å². The maximum Gasteiger partial charge on any atom is 0.127 e. The number of hydrogen-bond acceptors (Lipinski definition) is 5. The van der Waals surface area contributed by atoms with E-state index in [9.17, 15) is 15.3 Å². The summed E-state index contributed by atoms with van der Waals surface area (Å²) in [5.41, 5.74) is 7.28. The number of allylic oxidation sites excluding steroid dienone is 5. The summed E-state index contributed by atoms with van der Waals surface area (Å²) in [5, 5.41) is 29.1. The Bertz CT molecular complexity index is 1360. The Hall–Kier alpha value is -2.32. The maximum absolute atomic E-state index is 10.7. The number of benzene rings is 2. The van der Waals surface area contributed by atoms with Crippen molar-refractivity contribution >= 4 is 17.4 Å². The van der Waals surface area contributed by atoms with Crippen molar-refractivity contribution in [1.29, 1.82) is 0 Å². The molecule has 50 heavy (non-hydrogen) atoms. The fourth-order valence-corrected chi connectivity index (χ4v) is 7.07. The van der Waals surface area contributed by atoms with Crippen LogP contribution in [0.3, 0.4) is 0 Å². The van der Waals surface area contributed by atoms with Crippen LogP contribution < -0.4 is 4.74 Å². The second-order valence-electron chi connectivity index (χ2n) is 14.5. The van der Waals surface area contributed by atoms with Crippen molar-refractivity contribution in [3.05, 3.63) is 82.0 Å². The highest BCUT2D eigenvalue weighted by atomic mass is 32.0. The topological polar surface area (TPSA) is 79.2 Å². The molecule has 4 atom stereocenters. The van der Waals surface area contributed by atoms with E-state index in [2.05, 4.69) is 88.6 Å². The Balaban J connectivity index is 0.000000401. The SMILES string of the molecule is CC(C)=CCC/C(C)=C/COPP.CCCCCc1cc(O)c2c(c1)OC(C)(C)[C@@H]1CCC(C)=C[C@@H]21.CCCCCc1cc(O)cc(O)c1.[3H]C. The smallest absolute Gasteiger partial charge is 0.127 e. The van der Waals surface area contributed by atoms with E-state index in [-0.39, 0.29) is 23.0 Å². The third-order valence-corrected chi connectivity index (χ3v) is 10.1. The van der Waals surface area contributed by atoms with Crippen LogP contribution >= 0.6 is 17.4 Å². The molecule has 0 spiro atoms. The van der Waals surface area contributed by atoms with E-state index in [1.165, 1.54) is 67.9 Å². The molecule has 2 aromatic carbocycles. The van der Waals surface area contributed by atoms with Crippen LogP contribution in [-0.4, -0.2) is 27.5 Å². The van der Waals surface area contributed by atoms with Crippen molar-refractivity contribution in [3.63, 3.8) is 0 Å². The number of phenols is 3. The van der Waals surface area contributed by atoms with Gasteiger partial charge < -0.3 is 24.6 Å². The van der Waals surface area contributed by atoms with Crippen molar-refractivity contribution in [2.75, 3.05) is 6.61 Å². The monoisotopic (exact) mass is 730 g/mol. The summed E-state index contributed by atoms with van der Waals surface area (Å²) in [6.45, 7) is 18.2. The van der Waals surface area contributed by atoms with Gasteiger partial charge in [0.15, 0.2) is 0 Å². The first-order valence-corrected chi connectivity index (χ1v) is 21.1. The van der Waals surface area contributed by atoms with Gasteiger partial charge in [-0.3, -0.25) is 0 Å². The molecule has 1 aliphatic heterocycles. The summed E-state index contributed by atoms with van der Waals surface area (Å²) in [7, 11) is 4.34. The van der Waals surface area contributed by atoms with Crippen molar-refractivity contribution in [2.24, 2.45) is 5.92 Å². The van der Waals surface area contributed by atoms with Gasteiger partial charge in [-0.2, -0.15) is 0 Å². The summed E-state index contributed by atoms with van der Waals surface area (Å²) in [6.07, 6.45) is 20.4. The van der Waals surface area contributed by atoms with E-state index in [4.69, 9.17) is 10.6 Å². The minimum Gasteiger partial charge on any atom is -0.508 e. The van der Waals surface area contributed by atoms with Crippen LogP contribution in [0.1, 0.15) is 151 Å². The van der Waals surface area contributed by atoms with Crippen LogP contribution in [0.5, 0.6) is 23.0 Å². The predicted molar refractivity (Wildman–Crippen MR) is 221 cm³/mol. The highest BCUT2D eigenvalue weighted by Crippen LogP contribution is 2.53. The van der Waals surface area contributed by atoms with E-state index in [0.717, 1.165) is 68.4 Å². The van der Waals surface area contributed by atoms with Crippen molar-refractivity contribution in [2.45, 2.75) is 151 Å². The first-order valence-electron chi connectivity index (χ1n) is 19.4. The Morgan fingerprint density at radius 3 is 2.12 bits per heavy atom. The average molecular weight is 731 g/mol. The van der Waals surface area contributed by atoms with Crippen LogP contribution in [0.2, 0.25) is 0 Å². The fraction of sp³-hybridized carbons (Fsp3) is 0.581. The first-order chi connectivity index (χ1) is 24.3. The number of unbranched alkanes of at least 4 members (excludes halogenated alkanes) is 4. The summed E-state index contributed by atoms with van der Waals surface area (Å²) in [4.78, 5) is 0. The summed E-state index contributed by atoms with van der Waals surface area (Å²) in [6, 6.07) is 8.89. The van der Waals surface area contributed by atoms with E-state index in [1.807, 2.05) is 6.07 Å². The third kappa shape index (κ3) is 16.4. The quantitative estimate of drug-likeness (QED) is 0.102. The molecule has 0 amide bonds. The van der Waals surface area contributed by atoms with Gasteiger partial charge in [0, 0.05) is 33.3 Å². The molecule has 1 heterocycles. The van der Waals surface area contributed by atoms with Crippen LogP contribution in [0.15, 0.2) is 65.3 Å². The van der Waals surface area contributed by atoms with Crippen molar-refractivity contribution < 1.29 is 26.0 Å². The lowest BCUT2D eigenvalue weighted by molar-refractivity contribution is 0.0107. The number of ether oxygens (including phenoxy) is 1. The Labute approximate surface area is 311 Å². The zero-order valence-electron chi connectivity index (χ0n) is 33.7. The highest BCUT2D eigenvalue weighted by molar-refractivity contribution is 8.00. The number of rotatable bonds is 14. The molecule has 0 radical (unpaired) electrons. The molecule has 0 fully saturated rings. The van der Waals surface area contributed by atoms with Crippen LogP contribution in [0, 0.1) is 5.92 Å². The fourth-order valence-electron chi connectivity index (χ4n) is 6.61. The van der Waals surface area contributed by atoms with Gasteiger partial charge in [-0.1, -0.05) is 90.8 Å². The number of aromatic hydroxyl groups is 3. The van der Waals surface area contributed by atoms with Gasteiger partial charge in [-0.05, 0) is 128 Å². The Morgan fingerprint density at radius 2 is 1.56 bits per heavy atom. The van der Waals surface area contributed by atoms with Crippen molar-refractivity contribution in [3.8, 4) is 23.0 Å². The van der Waals surface area contributed by atoms with E-state index in [0.29, 0.717) is 20.2 Å². The average Bonchev–Trinajstić information content (AvgIpc) is 3.05. The molecule has 2 aromatic rings. The van der Waals surface area contributed by atoms with Crippen molar-refractivity contribution in [1.82, 2.24) is 0 Å². The largest absolute Gasteiger partial charge is 0.508 e. The molecule has 5 nitrogen and oxygen atoms in total. The third-order valence-electron chi connectivity index (χ3n) is 9.32. The van der Waals surface area contributed by atoms with Gasteiger partial charge in [0.25, 0.3) is 0 Å². The predicted octanol–water partition coefficient (Wildman–Crippen LogP) is 13.3.